The number of halogens is 3. The maximum absolute atomic E-state index is 14.5. The number of aromatic amines is 1. The van der Waals surface area contributed by atoms with Crippen molar-refractivity contribution in [3.05, 3.63) is 77.4 Å². The van der Waals surface area contributed by atoms with Crippen molar-refractivity contribution in [3.8, 4) is 11.3 Å². The van der Waals surface area contributed by atoms with Gasteiger partial charge in [0, 0.05) is 30.6 Å². The molecule has 0 atom stereocenters. The van der Waals surface area contributed by atoms with Gasteiger partial charge in [-0.3, -0.25) is 9.48 Å². The molecule has 0 saturated heterocycles. The molecule has 5 nitrogen and oxygen atoms in total. The summed E-state index contributed by atoms with van der Waals surface area (Å²) >= 11 is 0. The fourth-order valence-electron chi connectivity index (χ4n) is 4.47. The van der Waals surface area contributed by atoms with E-state index < -0.39 is 11.6 Å². The molecule has 2 N–H and O–H groups in total. The minimum absolute atomic E-state index is 0.0440. The van der Waals surface area contributed by atoms with Gasteiger partial charge in [-0.2, -0.15) is 5.10 Å². The first-order valence-electron chi connectivity index (χ1n) is 10.4. The monoisotopic (exact) mass is 438 g/mol. The molecule has 0 radical (unpaired) electrons. The maximum atomic E-state index is 14.5. The summed E-state index contributed by atoms with van der Waals surface area (Å²) in [6.45, 7) is 0.390. The number of fused-ring (bicyclic) bond motifs is 1. The van der Waals surface area contributed by atoms with E-state index in [0.29, 0.717) is 36.0 Å². The van der Waals surface area contributed by atoms with Gasteiger partial charge in [0.2, 0.25) is 5.91 Å². The molecule has 5 rings (SSSR count). The molecule has 8 heteroatoms. The zero-order valence-electron chi connectivity index (χ0n) is 17.3. The Hall–Kier alpha value is -3.55. The fourth-order valence-corrected chi connectivity index (χ4v) is 4.47. The van der Waals surface area contributed by atoms with Crippen molar-refractivity contribution in [3.63, 3.8) is 0 Å². The van der Waals surface area contributed by atoms with Crippen molar-refractivity contribution in [1.82, 2.24) is 20.1 Å². The Morgan fingerprint density at radius 3 is 2.56 bits per heavy atom. The molecule has 32 heavy (non-hydrogen) atoms. The molecule has 0 spiro atoms. The number of rotatable bonds is 5. The van der Waals surface area contributed by atoms with Gasteiger partial charge in [0.05, 0.1) is 23.4 Å². The van der Waals surface area contributed by atoms with Gasteiger partial charge < -0.3 is 10.3 Å². The number of carbonyl (C=O) groups excluding carboxylic acids is 1. The molecule has 2 aromatic carbocycles. The molecule has 1 saturated carbocycles. The van der Waals surface area contributed by atoms with Crippen LogP contribution in [0.1, 0.15) is 30.0 Å². The van der Waals surface area contributed by atoms with Gasteiger partial charge in [-0.25, -0.2) is 13.2 Å². The summed E-state index contributed by atoms with van der Waals surface area (Å²) in [7, 11) is 1.81. The van der Waals surface area contributed by atoms with Crippen molar-refractivity contribution in [1.29, 1.82) is 0 Å². The summed E-state index contributed by atoms with van der Waals surface area (Å²) in [6.07, 6.45) is 2.81. The number of amides is 1. The van der Waals surface area contributed by atoms with Crippen LogP contribution < -0.4 is 5.32 Å². The van der Waals surface area contributed by atoms with Crippen LogP contribution in [0.2, 0.25) is 0 Å². The van der Waals surface area contributed by atoms with Crippen LogP contribution in [0.4, 0.5) is 13.2 Å². The van der Waals surface area contributed by atoms with E-state index in [1.54, 1.807) is 23.0 Å². The number of nitrogens with zero attached hydrogens (tertiary/aromatic N) is 2. The van der Waals surface area contributed by atoms with Crippen LogP contribution in [-0.4, -0.2) is 20.7 Å². The minimum atomic E-state index is -0.681. The average molecular weight is 438 g/mol. The molecule has 0 bridgehead atoms. The molecule has 164 valence electrons. The first-order valence-corrected chi connectivity index (χ1v) is 10.4. The quantitative estimate of drug-likeness (QED) is 0.470. The molecular weight excluding hydrogens is 417 g/mol. The van der Waals surface area contributed by atoms with Gasteiger partial charge >= 0.3 is 0 Å². The van der Waals surface area contributed by atoms with Crippen LogP contribution in [-0.2, 0) is 18.4 Å². The van der Waals surface area contributed by atoms with E-state index in [2.05, 4.69) is 15.4 Å². The van der Waals surface area contributed by atoms with Gasteiger partial charge in [0.15, 0.2) is 0 Å². The van der Waals surface area contributed by atoms with Crippen molar-refractivity contribution >= 4 is 16.8 Å². The zero-order chi connectivity index (χ0) is 22.4. The van der Waals surface area contributed by atoms with E-state index in [9.17, 15) is 18.0 Å². The van der Waals surface area contributed by atoms with E-state index in [0.717, 1.165) is 17.3 Å². The van der Waals surface area contributed by atoms with Crippen molar-refractivity contribution in [2.45, 2.75) is 25.3 Å². The highest BCUT2D eigenvalue weighted by molar-refractivity contribution is 5.92. The molecule has 4 aromatic rings. The van der Waals surface area contributed by atoms with Gasteiger partial charge in [0.25, 0.3) is 0 Å². The Morgan fingerprint density at radius 1 is 1.12 bits per heavy atom. The Kier molecular flexibility index (Phi) is 5.00. The largest absolute Gasteiger partial charge is 0.352 e. The predicted molar refractivity (Wildman–Crippen MR) is 114 cm³/mol. The predicted octanol–water partition coefficient (Wildman–Crippen LogP) is 4.80. The third kappa shape index (κ3) is 3.55. The second kappa shape index (κ2) is 7.85. The normalized spacial score (nSPS) is 18.0. The zero-order valence-corrected chi connectivity index (χ0v) is 17.3. The summed E-state index contributed by atoms with van der Waals surface area (Å²) in [5.74, 6) is -2.00. The third-order valence-electron chi connectivity index (χ3n) is 6.28. The van der Waals surface area contributed by atoms with E-state index in [1.165, 1.54) is 18.2 Å². The smallest absolute Gasteiger partial charge is 0.223 e. The molecule has 0 unspecified atom stereocenters. The highest BCUT2D eigenvalue weighted by Crippen LogP contribution is 2.48. The van der Waals surface area contributed by atoms with Crippen LogP contribution in [0.5, 0.6) is 0 Å². The Morgan fingerprint density at radius 2 is 1.88 bits per heavy atom. The number of aryl methyl sites for hydroxylation is 1. The lowest BCUT2D eigenvalue weighted by atomic mass is 9.70. The number of hydrogen-bond acceptors (Lipinski definition) is 2. The Bertz CT molecular complexity index is 1300. The van der Waals surface area contributed by atoms with Crippen LogP contribution in [0.15, 0.2) is 48.7 Å². The van der Waals surface area contributed by atoms with Crippen molar-refractivity contribution in [2.75, 3.05) is 0 Å². The van der Waals surface area contributed by atoms with E-state index in [-0.39, 0.29) is 29.1 Å². The molecule has 2 heterocycles. The maximum Gasteiger partial charge on any atom is 0.223 e. The van der Waals surface area contributed by atoms with Crippen LogP contribution >= 0.6 is 0 Å². The summed E-state index contributed by atoms with van der Waals surface area (Å²) in [4.78, 5) is 15.7. The molecular formula is C24H21F3N4O. The lowest BCUT2D eigenvalue weighted by Crippen LogP contribution is -2.38. The topological polar surface area (TPSA) is 62.7 Å². The SMILES string of the molecule is Cn1nccc1CNC(=O)C1CC(c2c(-c3ccc(F)cc3)[nH]c3c(F)cc(F)cc23)C1. The summed E-state index contributed by atoms with van der Waals surface area (Å²) in [5.41, 5.74) is 3.19. The van der Waals surface area contributed by atoms with Gasteiger partial charge in [-0.05, 0) is 66.3 Å². The molecule has 1 aliphatic rings. The standard InChI is InChI=1S/C24H21F3N4O/c1-31-18(6-7-29-31)12-28-24(32)15-8-14(9-15)21-19-10-17(26)11-20(27)23(19)30-22(21)13-2-4-16(25)5-3-13/h2-7,10-11,14-15,30H,8-9,12H2,1H3,(H,28,32). The van der Waals surface area contributed by atoms with Crippen molar-refractivity contribution in [2.24, 2.45) is 13.0 Å². The first-order chi connectivity index (χ1) is 15.4. The Labute approximate surface area is 182 Å². The lowest BCUT2D eigenvalue weighted by molar-refractivity contribution is -0.128. The number of aromatic nitrogens is 3. The van der Waals surface area contributed by atoms with Gasteiger partial charge in [-0.15, -0.1) is 0 Å². The fraction of sp³-hybridized carbons (Fsp3) is 0.250. The highest BCUT2D eigenvalue weighted by atomic mass is 19.1. The molecule has 1 fully saturated rings. The minimum Gasteiger partial charge on any atom is -0.352 e. The second-order valence-electron chi connectivity index (χ2n) is 8.26. The van der Waals surface area contributed by atoms with Crippen LogP contribution in [0, 0.1) is 23.4 Å². The van der Waals surface area contributed by atoms with Crippen LogP contribution in [0.25, 0.3) is 22.2 Å². The molecule has 1 amide bonds. The van der Waals surface area contributed by atoms with E-state index >= 15 is 0 Å². The van der Waals surface area contributed by atoms with Crippen LogP contribution in [0.3, 0.4) is 0 Å². The second-order valence-corrected chi connectivity index (χ2v) is 8.26. The number of nitrogens with one attached hydrogen (secondary N) is 2. The molecule has 0 aliphatic heterocycles. The highest BCUT2D eigenvalue weighted by Gasteiger charge is 2.38. The van der Waals surface area contributed by atoms with Gasteiger partial charge in [0.1, 0.15) is 17.5 Å². The Balaban J connectivity index is 1.41. The first kappa shape index (κ1) is 20.4. The van der Waals surface area contributed by atoms with E-state index in [1.807, 2.05) is 13.1 Å². The molecule has 2 aromatic heterocycles. The number of benzene rings is 2. The lowest BCUT2D eigenvalue weighted by Gasteiger charge is -2.35. The summed E-state index contributed by atoms with van der Waals surface area (Å²) in [5, 5.41) is 7.47. The van der Waals surface area contributed by atoms with Gasteiger partial charge in [-0.1, -0.05) is 0 Å². The number of carbonyl (C=O) groups is 1. The summed E-state index contributed by atoms with van der Waals surface area (Å²) < 4.78 is 43.6. The number of H-pyrrole nitrogens is 1. The molecule has 1 aliphatic carbocycles. The number of hydrogen-bond donors (Lipinski definition) is 2. The third-order valence-corrected chi connectivity index (χ3v) is 6.28. The summed E-state index contributed by atoms with van der Waals surface area (Å²) in [6, 6.07) is 9.87. The van der Waals surface area contributed by atoms with E-state index in [4.69, 9.17) is 0 Å². The average Bonchev–Trinajstić information content (AvgIpc) is 3.30. The van der Waals surface area contributed by atoms with Crippen molar-refractivity contribution < 1.29 is 18.0 Å².